The molecule has 6 heteroatoms. The lowest BCUT2D eigenvalue weighted by molar-refractivity contribution is 0.459. The van der Waals surface area contributed by atoms with Gasteiger partial charge in [-0.1, -0.05) is 58.7 Å². The van der Waals surface area contributed by atoms with Gasteiger partial charge in [0.05, 0.1) is 0 Å². The highest BCUT2D eigenvalue weighted by Crippen LogP contribution is 2.30. The fourth-order valence-corrected chi connectivity index (χ4v) is 3.07. The van der Waals surface area contributed by atoms with Crippen LogP contribution in [-0.2, 0) is 6.42 Å². The predicted octanol–water partition coefficient (Wildman–Crippen LogP) is 5.21. The number of hydrogen-bond acceptors (Lipinski definition) is 5. The zero-order valence-electron chi connectivity index (χ0n) is 15.2. The monoisotopic (exact) mass is 378 g/mol. The van der Waals surface area contributed by atoms with Gasteiger partial charge in [0.2, 0.25) is 5.58 Å². The minimum atomic E-state index is 0.564. The summed E-state index contributed by atoms with van der Waals surface area (Å²) in [4.78, 5) is 9.02. The Morgan fingerprint density at radius 2 is 1.70 bits per heavy atom. The van der Waals surface area contributed by atoms with Gasteiger partial charge in [0.15, 0.2) is 5.82 Å². The molecule has 0 radical (unpaired) electrons. The molecule has 0 amide bonds. The maximum atomic E-state index is 5.98. The summed E-state index contributed by atoms with van der Waals surface area (Å²) in [5.74, 6) is 1.33. The summed E-state index contributed by atoms with van der Waals surface area (Å²) in [6, 6.07) is 16.0. The summed E-state index contributed by atoms with van der Waals surface area (Å²) in [7, 11) is 0. The third kappa shape index (κ3) is 3.78. The normalized spacial score (nSPS) is 11.1. The minimum absolute atomic E-state index is 0.564. The molecular weight excluding hydrogens is 360 g/mol. The van der Waals surface area contributed by atoms with E-state index in [0.29, 0.717) is 33.5 Å². The molecule has 4 rings (SSSR count). The van der Waals surface area contributed by atoms with Crippen LogP contribution in [0.5, 0.6) is 0 Å². The second kappa shape index (κ2) is 7.37. The quantitative estimate of drug-likeness (QED) is 0.516. The summed E-state index contributed by atoms with van der Waals surface area (Å²) < 4.78 is 5.57. The molecule has 2 aromatic carbocycles. The second-order valence-corrected chi connectivity index (χ2v) is 6.93. The largest absolute Gasteiger partial charge is 0.366 e. The summed E-state index contributed by atoms with van der Waals surface area (Å²) in [6.45, 7) is 4.69. The molecule has 0 atom stereocenters. The van der Waals surface area contributed by atoms with Crippen molar-refractivity contribution in [3.8, 4) is 11.3 Å². The van der Waals surface area contributed by atoms with E-state index in [4.69, 9.17) is 16.1 Å². The Morgan fingerprint density at radius 1 is 0.963 bits per heavy atom. The van der Waals surface area contributed by atoms with E-state index in [2.05, 4.69) is 51.6 Å². The molecule has 0 unspecified atom stereocenters. The lowest BCUT2D eigenvalue weighted by atomic mass is 10.1. The van der Waals surface area contributed by atoms with Gasteiger partial charge in [-0.05, 0) is 38.0 Å². The second-order valence-electron chi connectivity index (χ2n) is 6.50. The Morgan fingerprint density at radius 3 is 2.44 bits per heavy atom. The molecule has 5 nitrogen and oxygen atoms in total. The molecule has 1 N–H and O–H groups in total. The van der Waals surface area contributed by atoms with Crippen LogP contribution < -0.4 is 5.32 Å². The van der Waals surface area contributed by atoms with Crippen molar-refractivity contribution in [1.82, 2.24) is 15.1 Å². The van der Waals surface area contributed by atoms with Crippen LogP contribution in [0, 0.1) is 13.8 Å². The Bertz CT molecular complexity index is 1070. The van der Waals surface area contributed by atoms with Crippen LogP contribution >= 0.6 is 11.6 Å². The van der Waals surface area contributed by atoms with Gasteiger partial charge < -0.3 is 9.84 Å². The molecule has 0 aliphatic carbocycles. The zero-order chi connectivity index (χ0) is 18.8. The lowest BCUT2D eigenvalue weighted by Crippen LogP contribution is -2.07. The molecule has 2 aromatic heterocycles. The Labute approximate surface area is 162 Å². The average molecular weight is 379 g/mol. The summed E-state index contributed by atoms with van der Waals surface area (Å²) >= 11 is 5.98. The molecule has 0 aliphatic rings. The van der Waals surface area contributed by atoms with Gasteiger partial charge in [-0.25, -0.2) is 9.97 Å². The van der Waals surface area contributed by atoms with Gasteiger partial charge in [-0.3, -0.25) is 0 Å². The number of hydrogen-bond donors (Lipinski definition) is 1. The van der Waals surface area contributed by atoms with E-state index < -0.39 is 0 Å². The number of nitrogens with zero attached hydrogens (tertiary/aromatic N) is 3. The molecule has 2 heterocycles. The van der Waals surface area contributed by atoms with Crippen LogP contribution in [0.1, 0.15) is 17.0 Å². The third-order valence-electron chi connectivity index (χ3n) is 4.37. The van der Waals surface area contributed by atoms with E-state index in [0.717, 1.165) is 18.5 Å². The number of rotatable bonds is 5. The summed E-state index contributed by atoms with van der Waals surface area (Å²) in [5, 5.41) is 8.25. The van der Waals surface area contributed by atoms with Crippen molar-refractivity contribution in [2.75, 3.05) is 11.9 Å². The van der Waals surface area contributed by atoms with Gasteiger partial charge in [0.25, 0.3) is 0 Å². The van der Waals surface area contributed by atoms with Gasteiger partial charge in [0, 0.05) is 17.1 Å². The molecule has 4 aromatic rings. The van der Waals surface area contributed by atoms with Crippen LogP contribution in [0.2, 0.25) is 5.02 Å². The molecule has 0 bridgehead atoms. The standard InChI is InChI=1S/C21H19ClN4O/c1-13-3-5-15(6-4-13)11-12-23-21-20-19(24-14(2)25-21)18(26-27-20)16-7-9-17(22)10-8-16/h3-10H,11-12H2,1-2H3,(H,23,24,25). The minimum Gasteiger partial charge on any atom is -0.366 e. The number of benzene rings is 2. The van der Waals surface area contributed by atoms with Gasteiger partial charge in [-0.2, -0.15) is 0 Å². The average Bonchev–Trinajstić information content (AvgIpc) is 3.08. The molecule has 136 valence electrons. The number of fused-ring (bicyclic) bond motifs is 1. The van der Waals surface area contributed by atoms with Crippen LogP contribution in [0.25, 0.3) is 22.4 Å². The molecule has 0 saturated carbocycles. The van der Waals surface area contributed by atoms with Crippen LogP contribution in [-0.4, -0.2) is 21.7 Å². The number of aryl methyl sites for hydroxylation is 2. The van der Waals surface area contributed by atoms with Crippen molar-refractivity contribution in [3.05, 3.63) is 70.5 Å². The first-order chi connectivity index (χ1) is 13.1. The topological polar surface area (TPSA) is 63.8 Å². The fourth-order valence-electron chi connectivity index (χ4n) is 2.94. The molecular formula is C21H19ClN4O. The molecule has 0 spiro atoms. The van der Waals surface area contributed by atoms with Crippen LogP contribution in [0.15, 0.2) is 53.1 Å². The molecule has 27 heavy (non-hydrogen) atoms. The smallest absolute Gasteiger partial charge is 0.228 e. The van der Waals surface area contributed by atoms with Crippen molar-refractivity contribution < 1.29 is 4.52 Å². The van der Waals surface area contributed by atoms with Crippen molar-refractivity contribution in [2.24, 2.45) is 0 Å². The van der Waals surface area contributed by atoms with Crippen LogP contribution in [0.3, 0.4) is 0 Å². The number of anilines is 1. The zero-order valence-corrected chi connectivity index (χ0v) is 15.9. The summed E-state index contributed by atoms with van der Waals surface area (Å²) in [5.41, 5.74) is 5.39. The molecule has 0 fully saturated rings. The maximum Gasteiger partial charge on any atom is 0.228 e. The van der Waals surface area contributed by atoms with Crippen LogP contribution in [0.4, 0.5) is 5.82 Å². The highest BCUT2D eigenvalue weighted by molar-refractivity contribution is 6.30. The van der Waals surface area contributed by atoms with Crippen molar-refractivity contribution >= 4 is 28.5 Å². The molecule has 0 aliphatic heterocycles. The fraction of sp³-hybridized carbons (Fsp3) is 0.190. The first-order valence-corrected chi connectivity index (χ1v) is 9.17. The van der Waals surface area contributed by atoms with Crippen molar-refractivity contribution in [2.45, 2.75) is 20.3 Å². The first-order valence-electron chi connectivity index (χ1n) is 8.79. The Kier molecular flexibility index (Phi) is 4.77. The van der Waals surface area contributed by atoms with E-state index in [1.54, 1.807) is 0 Å². The van der Waals surface area contributed by atoms with E-state index in [9.17, 15) is 0 Å². The molecule has 0 saturated heterocycles. The van der Waals surface area contributed by atoms with Crippen molar-refractivity contribution in [1.29, 1.82) is 0 Å². The number of aromatic nitrogens is 3. The van der Waals surface area contributed by atoms with E-state index in [1.165, 1.54) is 11.1 Å². The van der Waals surface area contributed by atoms with Gasteiger partial charge >= 0.3 is 0 Å². The summed E-state index contributed by atoms with van der Waals surface area (Å²) in [6.07, 6.45) is 0.892. The number of nitrogens with one attached hydrogen (secondary N) is 1. The maximum absolute atomic E-state index is 5.98. The van der Waals surface area contributed by atoms with Crippen molar-refractivity contribution in [3.63, 3.8) is 0 Å². The predicted molar refractivity (Wildman–Crippen MR) is 108 cm³/mol. The SMILES string of the molecule is Cc1ccc(CCNc2nc(C)nc3c(-c4ccc(Cl)cc4)noc23)cc1. The van der Waals surface area contributed by atoms with E-state index >= 15 is 0 Å². The first kappa shape index (κ1) is 17.5. The third-order valence-corrected chi connectivity index (χ3v) is 4.63. The Hall–Kier alpha value is -2.92. The van der Waals surface area contributed by atoms with E-state index in [1.807, 2.05) is 31.2 Å². The Balaban J connectivity index is 1.59. The van der Waals surface area contributed by atoms with Gasteiger partial charge in [-0.15, -0.1) is 0 Å². The highest BCUT2D eigenvalue weighted by Gasteiger charge is 2.17. The highest BCUT2D eigenvalue weighted by atomic mass is 35.5. The number of halogens is 1. The van der Waals surface area contributed by atoms with Gasteiger partial charge in [0.1, 0.15) is 17.0 Å². The van der Waals surface area contributed by atoms with E-state index in [-0.39, 0.29) is 0 Å². The lowest BCUT2D eigenvalue weighted by Gasteiger charge is -2.07.